The quantitative estimate of drug-likeness (QED) is 0.731. The molecule has 7 nitrogen and oxygen atoms in total. The van der Waals surface area contributed by atoms with Crippen LogP contribution in [0.25, 0.3) is 0 Å². The predicted molar refractivity (Wildman–Crippen MR) is 109 cm³/mol. The number of hydrogen-bond acceptors (Lipinski definition) is 7. The van der Waals surface area contributed by atoms with Crippen LogP contribution in [0, 0.1) is 39.8 Å². The predicted octanol–water partition coefficient (Wildman–Crippen LogP) is 3.51. The van der Waals surface area contributed by atoms with Gasteiger partial charge in [-0.15, -0.1) is 0 Å². The van der Waals surface area contributed by atoms with Crippen molar-refractivity contribution in [2.24, 2.45) is 11.3 Å². The molecule has 0 unspecified atom stereocenters. The number of rotatable bonds is 4. The van der Waals surface area contributed by atoms with Crippen molar-refractivity contribution in [2.45, 2.75) is 11.8 Å². The van der Waals surface area contributed by atoms with Crippen molar-refractivity contribution in [3.8, 4) is 12.1 Å². The van der Waals surface area contributed by atoms with E-state index in [-0.39, 0.29) is 11.1 Å². The molecular weight excluding hydrogens is 415 g/mol. The molecule has 2 aromatic rings. The van der Waals surface area contributed by atoms with Gasteiger partial charge in [-0.3, -0.25) is 4.79 Å². The number of nitrogens with zero attached hydrogens (tertiary/aromatic N) is 2. The maximum atomic E-state index is 13.6. The number of hydrogen-bond donors (Lipinski definition) is 1. The zero-order valence-electron chi connectivity index (χ0n) is 17.3. The van der Waals surface area contributed by atoms with Crippen molar-refractivity contribution in [2.75, 3.05) is 14.2 Å². The van der Waals surface area contributed by atoms with E-state index in [1.165, 1.54) is 12.1 Å². The summed E-state index contributed by atoms with van der Waals surface area (Å²) in [6.07, 6.45) is 0. The lowest BCUT2D eigenvalue weighted by Gasteiger charge is -2.44. The van der Waals surface area contributed by atoms with Gasteiger partial charge < -0.3 is 14.6 Å². The van der Waals surface area contributed by atoms with Crippen molar-refractivity contribution in [3.63, 3.8) is 0 Å². The van der Waals surface area contributed by atoms with Gasteiger partial charge >= 0.3 is 11.9 Å². The summed E-state index contributed by atoms with van der Waals surface area (Å²) >= 11 is 0. The third kappa shape index (κ3) is 3.46. The van der Waals surface area contributed by atoms with E-state index in [0.717, 1.165) is 26.4 Å². The van der Waals surface area contributed by atoms with Crippen LogP contribution in [0.5, 0.6) is 0 Å². The zero-order chi connectivity index (χ0) is 23.5. The number of carbonyl (C=O) groups excluding carboxylic acids is 2. The summed E-state index contributed by atoms with van der Waals surface area (Å²) in [5.74, 6) is -7.27. The van der Waals surface area contributed by atoms with E-state index in [2.05, 4.69) is 0 Å². The lowest BCUT2D eigenvalue weighted by Crippen LogP contribution is -2.47. The molecule has 3 rings (SSSR count). The van der Waals surface area contributed by atoms with Crippen LogP contribution in [0.3, 0.4) is 0 Å². The Morgan fingerprint density at radius 1 is 0.969 bits per heavy atom. The number of aliphatic hydroxyl groups excluding tert-OH is 1. The van der Waals surface area contributed by atoms with Crippen LogP contribution in [-0.2, 0) is 19.1 Å². The van der Waals surface area contributed by atoms with Crippen molar-refractivity contribution < 1.29 is 28.6 Å². The number of nitriles is 2. The van der Waals surface area contributed by atoms with Crippen molar-refractivity contribution in [1.82, 2.24) is 0 Å². The fourth-order valence-corrected chi connectivity index (χ4v) is 4.34. The summed E-state index contributed by atoms with van der Waals surface area (Å²) in [4.78, 5) is 25.6. The van der Waals surface area contributed by atoms with E-state index in [1.807, 2.05) is 12.1 Å². The van der Waals surface area contributed by atoms with Crippen LogP contribution in [0.1, 0.15) is 23.0 Å². The third-order valence-electron chi connectivity index (χ3n) is 5.73. The molecule has 0 aromatic heterocycles. The summed E-state index contributed by atoms with van der Waals surface area (Å²) < 4.78 is 23.3. The Morgan fingerprint density at radius 2 is 1.56 bits per heavy atom. The molecule has 0 spiro atoms. The molecule has 1 aliphatic rings. The molecule has 1 aliphatic carbocycles. The van der Waals surface area contributed by atoms with E-state index < -0.39 is 46.7 Å². The van der Waals surface area contributed by atoms with Gasteiger partial charge in [-0.05, 0) is 23.3 Å². The molecule has 2 aromatic carbocycles. The normalized spacial score (nSPS) is 21.7. The van der Waals surface area contributed by atoms with Crippen molar-refractivity contribution >= 4 is 11.9 Å². The summed E-state index contributed by atoms with van der Waals surface area (Å²) in [5, 5.41) is 31.8. The SMILES string of the molecule is COC(=O)C1=C(O)[C@H](C(=O)OC)[C@H](c2ccc(F)cc2)C(C#N)(C#N)[C@H]1c1ccccc1. The second kappa shape index (κ2) is 8.91. The van der Waals surface area contributed by atoms with E-state index >= 15 is 0 Å². The molecule has 162 valence electrons. The zero-order valence-corrected chi connectivity index (χ0v) is 17.3. The largest absolute Gasteiger partial charge is 0.511 e. The number of esters is 2. The molecule has 1 N–H and O–H groups in total. The lowest BCUT2D eigenvalue weighted by atomic mass is 9.54. The molecule has 0 saturated heterocycles. The van der Waals surface area contributed by atoms with Gasteiger partial charge in [0.25, 0.3) is 0 Å². The average molecular weight is 434 g/mol. The fraction of sp³-hybridized carbons (Fsp3) is 0.250. The first-order valence-electron chi connectivity index (χ1n) is 9.58. The minimum atomic E-state index is -2.05. The monoisotopic (exact) mass is 434 g/mol. The first-order chi connectivity index (χ1) is 15.4. The van der Waals surface area contributed by atoms with Crippen LogP contribution < -0.4 is 0 Å². The van der Waals surface area contributed by atoms with Gasteiger partial charge in [-0.25, -0.2) is 9.18 Å². The van der Waals surface area contributed by atoms with Crippen LogP contribution in [-0.4, -0.2) is 31.3 Å². The van der Waals surface area contributed by atoms with E-state index in [1.54, 1.807) is 30.3 Å². The van der Waals surface area contributed by atoms with Gasteiger partial charge in [0.05, 0.1) is 37.8 Å². The van der Waals surface area contributed by atoms with E-state index in [9.17, 15) is 29.6 Å². The fourth-order valence-electron chi connectivity index (χ4n) is 4.34. The first kappa shape index (κ1) is 22.5. The molecule has 0 heterocycles. The minimum absolute atomic E-state index is 0.251. The highest BCUT2D eigenvalue weighted by Gasteiger charge is 2.61. The first-order valence-corrected chi connectivity index (χ1v) is 9.58. The highest BCUT2D eigenvalue weighted by atomic mass is 19.1. The molecule has 0 amide bonds. The lowest BCUT2D eigenvalue weighted by molar-refractivity contribution is -0.147. The van der Waals surface area contributed by atoms with E-state index in [0.29, 0.717) is 5.56 Å². The molecule has 32 heavy (non-hydrogen) atoms. The Morgan fingerprint density at radius 3 is 2.06 bits per heavy atom. The molecule has 0 fully saturated rings. The summed E-state index contributed by atoms with van der Waals surface area (Å²) in [7, 11) is 2.17. The highest BCUT2D eigenvalue weighted by molar-refractivity contribution is 5.94. The molecule has 0 bridgehead atoms. The molecule has 0 radical (unpaired) electrons. The average Bonchev–Trinajstić information content (AvgIpc) is 2.83. The third-order valence-corrected chi connectivity index (χ3v) is 5.73. The highest BCUT2D eigenvalue weighted by Crippen LogP contribution is 2.58. The number of methoxy groups -OCH3 is 2. The summed E-state index contributed by atoms with van der Waals surface area (Å²) in [5.41, 5.74) is -1.79. The molecule has 3 atom stereocenters. The van der Waals surface area contributed by atoms with Crippen molar-refractivity contribution in [1.29, 1.82) is 10.5 Å². The smallest absolute Gasteiger partial charge is 0.337 e. The van der Waals surface area contributed by atoms with Crippen molar-refractivity contribution in [3.05, 3.63) is 82.9 Å². The number of aliphatic hydroxyl groups is 1. The van der Waals surface area contributed by atoms with Gasteiger partial charge in [0.15, 0.2) is 5.41 Å². The number of halogens is 1. The van der Waals surface area contributed by atoms with Crippen LogP contribution in [0.15, 0.2) is 65.9 Å². The second-order valence-corrected chi connectivity index (χ2v) is 7.26. The maximum Gasteiger partial charge on any atom is 0.337 e. The Kier molecular flexibility index (Phi) is 6.27. The maximum absolute atomic E-state index is 13.6. The van der Waals surface area contributed by atoms with Gasteiger partial charge in [0, 0.05) is 5.92 Å². The summed E-state index contributed by atoms with van der Waals surface area (Å²) in [6.45, 7) is 0. The van der Waals surface area contributed by atoms with Gasteiger partial charge in [0.1, 0.15) is 17.5 Å². The Hall–Kier alpha value is -4.17. The minimum Gasteiger partial charge on any atom is -0.511 e. The van der Waals surface area contributed by atoms with Crippen LogP contribution in [0.4, 0.5) is 4.39 Å². The molecule has 0 aliphatic heterocycles. The molecule has 8 heteroatoms. The Balaban J connectivity index is 2.47. The number of carbonyl (C=O) groups is 2. The number of ether oxygens (including phenoxy) is 2. The van der Waals surface area contributed by atoms with Crippen LogP contribution in [0.2, 0.25) is 0 Å². The Bertz CT molecular complexity index is 1130. The van der Waals surface area contributed by atoms with Crippen LogP contribution >= 0.6 is 0 Å². The van der Waals surface area contributed by atoms with Gasteiger partial charge in [-0.1, -0.05) is 42.5 Å². The topological polar surface area (TPSA) is 120 Å². The second-order valence-electron chi connectivity index (χ2n) is 7.26. The Labute approximate surface area is 183 Å². The number of benzene rings is 2. The molecular formula is C24H19FN2O5. The summed E-state index contributed by atoms with van der Waals surface area (Å²) in [6, 6.07) is 17.1. The van der Waals surface area contributed by atoms with Gasteiger partial charge in [-0.2, -0.15) is 10.5 Å². The molecule has 0 saturated carbocycles. The standard InChI is InChI=1S/C24H19FN2O5/c1-31-22(29)17-19(14-6-4-3-5-7-14)24(12-26,13-27)20(15-8-10-16(25)11-9-15)18(21(17)28)23(30)32-2/h3-11,18-20,28H,1-2H3/t18-,19+,20+/m1/s1. The van der Waals surface area contributed by atoms with Gasteiger partial charge in [0.2, 0.25) is 0 Å². The van der Waals surface area contributed by atoms with E-state index in [4.69, 9.17) is 9.47 Å².